The van der Waals surface area contributed by atoms with Crippen LogP contribution in [0.4, 0.5) is 0 Å². The van der Waals surface area contributed by atoms with Gasteiger partial charge in [-0.05, 0) is 64.2 Å². The Hall–Kier alpha value is -0.870. The zero-order chi connectivity index (χ0) is 16.8. The van der Waals surface area contributed by atoms with Crippen molar-refractivity contribution in [3.8, 4) is 0 Å². The van der Waals surface area contributed by atoms with E-state index in [0.29, 0.717) is 18.2 Å². The van der Waals surface area contributed by atoms with Crippen LogP contribution in [0.1, 0.15) is 64.7 Å². The van der Waals surface area contributed by atoms with Crippen molar-refractivity contribution in [2.45, 2.75) is 70.3 Å². The highest BCUT2D eigenvalue weighted by Crippen LogP contribution is 2.42. The Kier molecular flexibility index (Phi) is 6.34. The first-order chi connectivity index (χ1) is 11.7. The van der Waals surface area contributed by atoms with Crippen LogP contribution in [-0.2, 0) is 14.3 Å². The van der Waals surface area contributed by atoms with Gasteiger partial charge in [0.25, 0.3) is 0 Å². The van der Waals surface area contributed by atoms with E-state index in [9.17, 15) is 4.79 Å². The standard InChI is InChI=1S/C20H33NO3/c1-2-23-14-8-18-9-15-24-20(18)10-12-21(13-11-20)19(22)16-17-6-4-3-5-7-17/h6,18H,2-5,7-16H2,1H3/t18-/m1/s1. The van der Waals surface area contributed by atoms with E-state index < -0.39 is 0 Å². The second-order valence-electron chi connectivity index (χ2n) is 7.55. The number of nitrogens with zero attached hydrogens (tertiary/aromatic N) is 1. The molecular weight excluding hydrogens is 302 g/mol. The Labute approximate surface area is 146 Å². The number of rotatable bonds is 6. The van der Waals surface area contributed by atoms with Gasteiger partial charge in [0.1, 0.15) is 0 Å². The van der Waals surface area contributed by atoms with Crippen LogP contribution in [0.25, 0.3) is 0 Å². The van der Waals surface area contributed by atoms with Gasteiger partial charge in [0.2, 0.25) is 5.91 Å². The Morgan fingerprint density at radius 3 is 2.92 bits per heavy atom. The van der Waals surface area contributed by atoms with Crippen molar-refractivity contribution in [1.29, 1.82) is 0 Å². The summed E-state index contributed by atoms with van der Waals surface area (Å²) >= 11 is 0. The van der Waals surface area contributed by atoms with Gasteiger partial charge < -0.3 is 14.4 Å². The minimum absolute atomic E-state index is 0.0119. The van der Waals surface area contributed by atoms with Gasteiger partial charge >= 0.3 is 0 Å². The summed E-state index contributed by atoms with van der Waals surface area (Å²) in [7, 11) is 0. The number of likely N-dealkylation sites (tertiary alicyclic amines) is 1. The highest BCUT2D eigenvalue weighted by molar-refractivity contribution is 5.78. The molecular formula is C20H33NO3. The fourth-order valence-corrected chi connectivity index (χ4v) is 4.62. The maximum Gasteiger partial charge on any atom is 0.226 e. The SMILES string of the molecule is CCOCC[C@@H]1CCOC12CCN(C(=O)CC1=CCCCC1)CC2. The molecule has 24 heavy (non-hydrogen) atoms. The van der Waals surface area contributed by atoms with Gasteiger partial charge in [-0.25, -0.2) is 0 Å². The van der Waals surface area contributed by atoms with Gasteiger partial charge in [-0.1, -0.05) is 11.6 Å². The molecule has 4 nitrogen and oxygen atoms in total. The molecule has 0 radical (unpaired) electrons. The molecule has 0 unspecified atom stereocenters. The molecule has 0 aromatic rings. The van der Waals surface area contributed by atoms with Crippen LogP contribution in [-0.4, -0.2) is 49.3 Å². The maximum atomic E-state index is 12.6. The molecule has 1 spiro atoms. The molecule has 2 fully saturated rings. The quantitative estimate of drug-likeness (QED) is 0.549. The van der Waals surface area contributed by atoms with Crippen LogP contribution >= 0.6 is 0 Å². The zero-order valence-corrected chi connectivity index (χ0v) is 15.2. The molecule has 3 rings (SSSR count). The second kappa shape index (κ2) is 8.48. The topological polar surface area (TPSA) is 38.8 Å². The van der Waals surface area contributed by atoms with Crippen molar-refractivity contribution in [2.24, 2.45) is 5.92 Å². The lowest BCUT2D eigenvalue weighted by Gasteiger charge is -2.42. The van der Waals surface area contributed by atoms with Gasteiger partial charge in [-0.15, -0.1) is 0 Å². The molecule has 0 bridgehead atoms. The summed E-state index contributed by atoms with van der Waals surface area (Å²) in [4.78, 5) is 14.7. The van der Waals surface area contributed by atoms with Crippen molar-refractivity contribution in [3.63, 3.8) is 0 Å². The minimum Gasteiger partial charge on any atom is -0.382 e. The maximum absolute atomic E-state index is 12.6. The monoisotopic (exact) mass is 335 g/mol. The third-order valence-corrected chi connectivity index (χ3v) is 6.14. The lowest BCUT2D eigenvalue weighted by molar-refractivity contribution is -0.137. The minimum atomic E-state index is 0.0119. The van der Waals surface area contributed by atoms with Crippen LogP contribution in [0.5, 0.6) is 0 Å². The fourth-order valence-electron chi connectivity index (χ4n) is 4.62. The summed E-state index contributed by atoms with van der Waals surface area (Å²) in [6, 6.07) is 0. The Morgan fingerprint density at radius 2 is 2.21 bits per heavy atom. The first-order valence-electron chi connectivity index (χ1n) is 9.91. The fraction of sp³-hybridized carbons (Fsp3) is 0.850. The van der Waals surface area contributed by atoms with E-state index in [1.54, 1.807) is 0 Å². The van der Waals surface area contributed by atoms with Crippen LogP contribution in [0.3, 0.4) is 0 Å². The van der Waals surface area contributed by atoms with E-state index in [1.807, 2.05) is 6.92 Å². The number of hydrogen-bond donors (Lipinski definition) is 0. The highest BCUT2D eigenvalue weighted by Gasteiger charge is 2.46. The number of piperidine rings is 1. The molecule has 0 aromatic carbocycles. The first kappa shape index (κ1) is 17.9. The first-order valence-corrected chi connectivity index (χ1v) is 9.91. The largest absolute Gasteiger partial charge is 0.382 e. The van der Waals surface area contributed by atoms with Crippen LogP contribution in [0.15, 0.2) is 11.6 Å². The molecule has 2 saturated heterocycles. The lowest BCUT2D eigenvalue weighted by atomic mass is 9.78. The second-order valence-corrected chi connectivity index (χ2v) is 7.55. The highest BCUT2D eigenvalue weighted by atomic mass is 16.5. The number of amides is 1. The third-order valence-electron chi connectivity index (χ3n) is 6.14. The third kappa shape index (κ3) is 4.20. The van der Waals surface area contributed by atoms with Crippen LogP contribution in [0, 0.1) is 5.92 Å². The molecule has 1 amide bonds. The molecule has 3 aliphatic rings. The van der Waals surface area contributed by atoms with E-state index >= 15 is 0 Å². The molecule has 0 aromatic heterocycles. The number of ether oxygens (including phenoxy) is 2. The summed E-state index contributed by atoms with van der Waals surface area (Å²) in [6.07, 6.45) is 12.0. The molecule has 4 heteroatoms. The predicted molar refractivity (Wildman–Crippen MR) is 94.9 cm³/mol. The van der Waals surface area contributed by atoms with E-state index in [2.05, 4.69) is 11.0 Å². The van der Waals surface area contributed by atoms with E-state index in [0.717, 1.165) is 71.4 Å². The number of carbonyl (C=O) groups excluding carboxylic acids is 1. The molecule has 1 aliphatic carbocycles. The van der Waals surface area contributed by atoms with Crippen LogP contribution < -0.4 is 0 Å². The Morgan fingerprint density at radius 1 is 1.38 bits per heavy atom. The molecule has 0 N–H and O–H groups in total. The van der Waals surface area contributed by atoms with Gasteiger partial charge in [0, 0.05) is 39.3 Å². The number of allylic oxidation sites excluding steroid dienone is 1. The van der Waals surface area contributed by atoms with E-state index in [1.165, 1.54) is 18.4 Å². The van der Waals surface area contributed by atoms with Crippen molar-refractivity contribution in [2.75, 3.05) is 32.9 Å². The van der Waals surface area contributed by atoms with Gasteiger partial charge in [0.05, 0.1) is 5.60 Å². The van der Waals surface area contributed by atoms with Crippen molar-refractivity contribution in [1.82, 2.24) is 4.90 Å². The van der Waals surface area contributed by atoms with Crippen molar-refractivity contribution < 1.29 is 14.3 Å². The molecule has 0 saturated carbocycles. The van der Waals surface area contributed by atoms with Crippen LogP contribution in [0.2, 0.25) is 0 Å². The van der Waals surface area contributed by atoms with E-state index in [4.69, 9.17) is 9.47 Å². The number of hydrogen-bond acceptors (Lipinski definition) is 3. The average Bonchev–Trinajstić information content (AvgIpc) is 2.99. The van der Waals surface area contributed by atoms with Crippen molar-refractivity contribution >= 4 is 5.91 Å². The normalized spacial score (nSPS) is 26.6. The van der Waals surface area contributed by atoms with Crippen molar-refractivity contribution in [3.05, 3.63) is 11.6 Å². The smallest absolute Gasteiger partial charge is 0.226 e. The Balaban J connectivity index is 1.49. The molecule has 1 atom stereocenters. The van der Waals surface area contributed by atoms with Gasteiger partial charge in [-0.2, -0.15) is 0 Å². The summed E-state index contributed by atoms with van der Waals surface area (Å²) in [5, 5.41) is 0. The summed E-state index contributed by atoms with van der Waals surface area (Å²) < 4.78 is 11.7. The number of carbonyl (C=O) groups is 1. The molecule has 2 aliphatic heterocycles. The zero-order valence-electron chi connectivity index (χ0n) is 15.2. The van der Waals surface area contributed by atoms with E-state index in [-0.39, 0.29) is 5.60 Å². The predicted octanol–water partition coefficient (Wildman–Crippen LogP) is 3.70. The molecule has 2 heterocycles. The lowest BCUT2D eigenvalue weighted by Crippen LogP contribution is -2.49. The summed E-state index contributed by atoms with van der Waals surface area (Å²) in [6.45, 7) is 6.26. The van der Waals surface area contributed by atoms with Gasteiger partial charge in [0.15, 0.2) is 0 Å². The Bertz CT molecular complexity index is 452. The molecule has 136 valence electrons. The van der Waals surface area contributed by atoms with Gasteiger partial charge in [-0.3, -0.25) is 4.79 Å². The summed E-state index contributed by atoms with van der Waals surface area (Å²) in [5.41, 5.74) is 1.37. The average molecular weight is 335 g/mol. The summed E-state index contributed by atoms with van der Waals surface area (Å²) in [5.74, 6) is 0.921.